The van der Waals surface area contributed by atoms with Crippen LogP contribution in [-0.2, 0) is 9.59 Å². The zero-order chi connectivity index (χ0) is 13.1. The molecule has 0 aliphatic carbocycles. The average Bonchev–Trinajstić information content (AvgIpc) is 2.65. The summed E-state index contributed by atoms with van der Waals surface area (Å²) in [5, 5.41) is 11.9. The van der Waals surface area contributed by atoms with E-state index in [1.54, 1.807) is 4.90 Å². The second-order valence-electron chi connectivity index (χ2n) is 5.22. The van der Waals surface area contributed by atoms with Crippen LogP contribution < -0.4 is 5.32 Å². The fourth-order valence-electron chi connectivity index (χ4n) is 2.16. The first-order chi connectivity index (χ1) is 7.87. The number of hydrogen-bond donors (Lipinski definition) is 2. The highest BCUT2D eigenvalue weighted by Crippen LogP contribution is 2.28. The third-order valence-electron chi connectivity index (χ3n) is 3.34. The molecular weight excluding hydrogens is 220 g/mol. The van der Waals surface area contributed by atoms with Crippen molar-refractivity contribution >= 4 is 11.9 Å². The molecule has 0 bridgehead atoms. The number of amides is 1. The van der Waals surface area contributed by atoms with Crippen molar-refractivity contribution in [1.29, 1.82) is 0 Å². The van der Waals surface area contributed by atoms with Gasteiger partial charge in [-0.15, -0.1) is 0 Å². The van der Waals surface area contributed by atoms with E-state index >= 15 is 0 Å². The van der Waals surface area contributed by atoms with Gasteiger partial charge in [-0.05, 0) is 33.7 Å². The van der Waals surface area contributed by atoms with Gasteiger partial charge in [-0.2, -0.15) is 0 Å². The lowest BCUT2D eigenvalue weighted by Gasteiger charge is -2.33. The second kappa shape index (κ2) is 5.49. The van der Waals surface area contributed by atoms with Gasteiger partial charge in [0.2, 0.25) is 5.91 Å². The smallest absolute Gasteiger partial charge is 0.305 e. The van der Waals surface area contributed by atoms with Crippen LogP contribution in [0.5, 0.6) is 0 Å². The molecule has 0 aromatic heterocycles. The summed E-state index contributed by atoms with van der Waals surface area (Å²) in [5.74, 6) is -0.795. The zero-order valence-corrected chi connectivity index (χ0v) is 10.8. The molecule has 17 heavy (non-hydrogen) atoms. The van der Waals surface area contributed by atoms with Gasteiger partial charge in [-0.3, -0.25) is 9.59 Å². The molecule has 0 radical (unpaired) electrons. The van der Waals surface area contributed by atoms with Gasteiger partial charge in [0.15, 0.2) is 0 Å². The summed E-state index contributed by atoms with van der Waals surface area (Å²) in [7, 11) is 0. The third-order valence-corrected chi connectivity index (χ3v) is 3.34. The van der Waals surface area contributed by atoms with Gasteiger partial charge in [-0.1, -0.05) is 0 Å². The molecule has 1 aliphatic heterocycles. The Morgan fingerprint density at radius 1 is 1.47 bits per heavy atom. The first kappa shape index (κ1) is 14.0. The quantitative estimate of drug-likeness (QED) is 0.744. The molecule has 0 saturated carbocycles. The minimum Gasteiger partial charge on any atom is -0.481 e. The first-order valence-electron chi connectivity index (χ1n) is 6.10. The van der Waals surface area contributed by atoms with E-state index < -0.39 is 5.97 Å². The number of carbonyl (C=O) groups is 2. The number of carboxylic acid groups (broad SMARTS) is 1. The van der Waals surface area contributed by atoms with E-state index in [9.17, 15) is 9.59 Å². The van der Waals surface area contributed by atoms with Crippen LogP contribution in [0, 0.1) is 5.41 Å². The molecule has 1 heterocycles. The molecule has 1 fully saturated rings. The first-order valence-corrected chi connectivity index (χ1v) is 6.10. The topological polar surface area (TPSA) is 69.6 Å². The summed E-state index contributed by atoms with van der Waals surface area (Å²) in [4.78, 5) is 24.7. The number of carbonyl (C=O) groups excluding carboxylic acids is 1. The lowest BCUT2D eigenvalue weighted by atomic mass is 9.87. The van der Waals surface area contributed by atoms with E-state index in [1.165, 1.54) is 0 Å². The Hall–Kier alpha value is -1.10. The van der Waals surface area contributed by atoms with Gasteiger partial charge in [-0.25, -0.2) is 0 Å². The number of nitrogens with one attached hydrogen (secondary N) is 1. The summed E-state index contributed by atoms with van der Waals surface area (Å²) in [6, 6.07) is 0.0410. The van der Waals surface area contributed by atoms with Crippen LogP contribution in [0.25, 0.3) is 0 Å². The molecule has 1 unspecified atom stereocenters. The van der Waals surface area contributed by atoms with E-state index in [1.807, 2.05) is 20.8 Å². The number of nitrogens with zero attached hydrogens (tertiary/aromatic N) is 1. The molecule has 1 saturated heterocycles. The molecule has 1 amide bonds. The van der Waals surface area contributed by atoms with Crippen molar-refractivity contribution in [1.82, 2.24) is 10.2 Å². The predicted octanol–water partition coefficient (Wildman–Crippen LogP) is 0.698. The van der Waals surface area contributed by atoms with Crippen LogP contribution in [0.2, 0.25) is 0 Å². The number of aliphatic carboxylic acids is 1. The summed E-state index contributed by atoms with van der Waals surface area (Å²) >= 11 is 0. The number of carboxylic acids is 1. The molecule has 2 N–H and O–H groups in total. The Bertz CT molecular complexity index is 296. The third kappa shape index (κ3) is 3.43. The van der Waals surface area contributed by atoms with Crippen molar-refractivity contribution in [2.75, 3.05) is 19.6 Å². The molecule has 1 aliphatic rings. The van der Waals surface area contributed by atoms with Crippen LogP contribution >= 0.6 is 0 Å². The lowest BCUT2D eigenvalue weighted by Crippen LogP contribution is -2.47. The minimum atomic E-state index is -0.863. The van der Waals surface area contributed by atoms with Gasteiger partial charge in [0.1, 0.15) is 0 Å². The largest absolute Gasteiger partial charge is 0.481 e. The van der Waals surface area contributed by atoms with Crippen molar-refractivity contribution in [3.63, 3.8) is 0 Å². The Balaban J connectivity index is 2.69. The monoisotopic (exact) mass is 242 g/mol. The highest BCUT2D eigenvalue weighted by atomic mass is 16.4. The van der Waals surface area contributed by atoms with Gasteiger partial charge in [0, 0.05) is 19.1 Å². The Morgan fingerprint density at radius 2 is 2.12 bits per heavy atom. The molecule has 1 atom stereocenters. The molecule has 5 heteroatoms. The van der Waals surface area contributed by atoms with Crippen molar-refractivity contribution in [3.8, 4) is 0 Å². The van der Waals surface area contributed by atoms with Gasteiger partial charge >= 0.3 is 5.97 Å². The van der Waals surface area contributed by atoms with Gasteiger partial charge < -0.3 is 15.3 Å². The van der Waals surface area contributed by atoms with Crippen LogP contribution in [0.3, 0.4) is 0 Å². The molecule has 0 aromatic carbocycles. The minimum absolute atomic E-state index is 0.00737. The zero-order valence-electron chi connectivity index (χ0n) is 10.8. The standard InChI is InChI=1S/C12H22N2O3/c1-9(2)14(7-4-10(15)16)11(17)12(3)5-6-13-8-12/h9,13H,4-8H2,1-3H3,(H,15,16). The maximum atomic E-state index is 12.4. The highest BCUT2D eigenvalue weighted by molar-refractivity contribution is 5.83. The van der Waals surface area contributed by atoms with Crippen LogP contribution in [0.15, 0.2) is 0 Å². The van der Waals surface area contributed by atoms with E-state index in [0.717, 1.165) is 13.0 Å². The summed E-state index contributed by atoms with van der Waals surface area (Å²) in [5.41, 5.74) is -0.372. The van der Waals surface area contributed by atoms with E-state index in [4.69, 9.17) is 5.11 Å². The molecule has 0 aromatic rings. The Labute approximate surface area is 102 Å². The lowest BCUT2D eigenvalue weighted by molar-refractivity contribution is -0.144. The fraction of sp³-hybridized carbons (Fsp3) is 0.833. The molecular formula is C12H22N2O3. The fourth-order valence-corrected chi connectivity index (χ4v) is 2.16. The average molecular weight is 242 g/mol. The van der Waals surface area contributed by atoms with E-state index in [2.05, 4.69) is 5.32 Å². The predicted molar refractivity (Wildman–Crippen MR) is 64.7 cm³/mol. The van der Waals surface area contributed by atoms with Crippen molar-refractivity contribution < 1.29 is 14.7 Å². The van der Waals surface area contributed by atoms with Gasteiger partial charge in [0.25, 0.3) is 0 Å². The summed E-state index contributed by atoms with van der Waals surface area (Å²) in [6.07, 6.45) is 0.829. The number of hydrogen-bond acceptors (Lipinski definition) is 3. The highest BCUT2D eigenvalue weighted by Gasteiger charge is 2.39. The van der Waals surface area contributed by atoms with Gasteiger partial charge in [0.05, 0.1) is 11.8 Å². The van der Waals surface area contributed by atoms with Crippen molar-refractivity contribution in [2.45, 2.75) is 39.7 Å². The number of rotatable bonds is 5. The summed E-state index contributed by atoms with van der Waals surface area (Å²) < 4.78 is 0. The normalized spacial score (nSPS) is 24.0. The maximum absolute atomic E-state index is 12.4. The molecule has 1 rings (SSSR count). The Kier molecular flexibility index (Phi) is 4.51. The summed E-state index contributed by atoms with van der Waals surface area (Å²) in [6.45, 7) is 7.62. The SMILES string of the molecule is CC(C)N(CCC(=O)O)C(=O)C1(C)CCNC1. The molecule has 98 valence electrons. The maximum Gasteiger partial charge on any atom is 0.305 e. The van der Waals surface area contributed by atoms with E-state index in [0.29, 0.717) is 13.1 Å². The Morgan fingerprint density at radius 3 is 2.53 bits per heavy atom. The van der Waals surface area contributed by atoms with Crippen LogP contribution in [0.4, 0.5) is 0 Å². The molecule has 5 nitrogen and oxygen atoms in total. The van der Waals surface area contributed by atoms with E-state index in [-0.39, 0.29) is 23.8 Å². The second-order valence-corrected chi connectivity index (χ2v) is 5.22. The van der Waals surface area contributed by atoms with Crippen LogP contribution in [0.1, 0.15) is 33.6 Å². The van der Waals surface area contributed by atoms with Crippen LogP contribution in [-0.4, -0.2) is 47.6 Å². The van der Waals surface area contributed by atoms with Crippen molar-refractivity contribution in [2.24, 2.45) is 5.41 Å². The molecule has 0 spiro atoms. The van der Waals surface area contributed by atoms with Crippen molar-refractivity contribution in [3.05, 3.63) is 0 Å².